The minimum Gasteiger partial charge on any atom is -0.495 e. The van der Waals surface area contributed by atoms with Crippen LogP contribution in [0.4, 0.5) is 5.69 Å². The average Bonchev–Trinajstić information content (AvgIpc) is 2.35. The third kappa shape index (κ3) is 6.29. The van der Waals surface area contributed by atoms with Crippen LogP contribution in [-0.2, 0) is 14.3 Å². The van der Waals surface area contributed by atoms with Crippen LogP contribution in [0.3, 0.4) is 0 Å². The lowest BCUT2D eigenvalue weighted by molar-refractivity contribution is -0.155. The van der Waals surface area contributed by atoms with Crippen LogP contribution in [0, 0.1) is 6.92 Å². The molecule has 5 nitrogen and oxygen atoms in total. The van der Waals surface area contributed by atoms with E-state index in [4.69, 9.17) is 9.47 Å². The SMILES string of the molecule is COc1ccc(C)cc1NC(=O)CCC(=O)OC(C)(C)C. The van der Waals surface area contributed by atoms with Crippen LogP contribution in [0.5, 0.6) is 5.75 Å². The molecule has 0 aromatic heterocycles. The van der Waals surface area contributed by atoms with Crippen molar-refractivity contribution in [2.45, 2.75) is 46.1 Å². The molecule has 0 atom stereocenters. The van der Waals surface area contributed by atoms with Gasteiger partial charge in [-0.3, -0.25) is 9.59 Å². The lowest BCUT2D eigenvalue weighted by Gasteiger charge is -2.19. The van der Waals surface area contributed by atoms with Crippen molar-refractivity contribution in [1.82, 2.24) is 0 Å². The van der Waals surface area contributed by atoms with Gasteiger partial charge in [0.1, 0.15) is 11.4 Å². The summed E-state index contributed by atoms with van der Waals surface area (Å²) in [6.07, 6.45) is 0.128. The van der Waals surface area contributed by atoms with E-state index in [1.807, 2.05) is 19.1 Å². The number of amides is 1. The van der Waals surface area contributed by atoms with Gasteiger partial charge in [0.25, 0.3) is 0 Å². The number of nitrogens with one attached hydrogen (secondary N) is 1. The molecule has 1 aromatic rings. The molecule has 0 fully saturated rings. The smallest absolute Gasteiger partial charge is 0.306 e. The van der Waals surface area contributed by atoms with Crippen molar-refractivity contribution in [1.29, 1.82) is 0 Å². The maximum absolute atomic E-state index is 11.9. The van der Waals surface area contributed by atoms with Crippen molar-refractivity contribution < 1.29 is 19.1 Å². The molecule has 0 radical (unpaired) electrons. The number of carbonyl (C=O) groups is 2. The Balaban J connectivity index is 2.55. The van der Waals surface area contributed by atoms with Crippen molar-refractivity contribution in [3.05, 3.63) is 23.8 Å². The predicted octanol–water partition coefficient (Wildman–Crippen LogP) is 3.06. The zero-order valence-electron chi connectivity index (χ0n) is 13.3. The average molecular weight is 293 g/mol. The fourth-order valence-corrected chi connectivity index (χ4v) is 1.74. The van der Waals surface area contributed by atoms with Gasteiger partial charge in [-0.05, 0) is 45.4 Å². The maximum atomic E-state index is 11.9. The summed E-state index contributed by atoms with van der Waals surface area (Å²) < 4.78 is 10.3. The van der Waals surface area contributed by atoms with E-state index in [1.54, 1.807) is 33.9 Å². The van der Waals surface area contributed by atoms with E-state index in [0.717, 1.165) is 5.56 Å². The molecule has 0 aliphatic rings. The monoisotopic (exact) mass is 293 g/mol. The number of carbonyl (C=O) groups excluding carboxylic acids is 2. The zero-order valence-corrected chi connectivity index (χ0v) is 13.3. The Morgan fingerprint density at radius 3 is 2.43 bits per heavy atom. The number of methoxy groups -OCH3 is 1. The third-order valence-corrected chi connectivity index (χ3v) is 2.61. The summed E-state index contributed by atoms with van der Waals surface area (Å²) >= 11 is 0. The minimum absolute atomic E-state index is 0.0528. The summed E-state index contributed by atoms with van der Waals surface area (Å²) in [5, 5.41) is 2.75. The quantitative estimate of drug-likeness (QED) is 0.847. The largest absolute Gasteiger partial charge is 0.495 e. The van der Waals surface area contributed by atoms with Crippen molar-refractivity contribution in [2.24, 2.45) is 0 Å². The molecule has 1 rings (SSSR count). The van der Waals surface area contributed by atoms with Crippen molar-refractivity contribution in [3.63, 3.8) is 0 Å². The Labute approximate surface area is 125 Å². The normalized spacial score (nSPS) is 10.9. The van der Waals surface area contributed by atoms with Gasteiger partial charge >= 0.3 is 5.97 Å². The Morgan fingerprint density at radius 2 is 1.86 bits per heavy atom. The summed E-state index contributed by atoms with van der Waals surface area (Å²) in [6.45, 7) is 7.31. The van der Waals surface area contributed by atoms with Crippen molar-refractivity contribution in [3.8, 4) is 5.75 Å². The van der Waals surface area contributed by atoms with Gasteiger partial charge in [0.15, 0.2) is 0 Å². The number of ether oxygens (including phenoxy) is 2. The van der Waals surface area contributed by atoms with E-state index < -0.39 is 5.60 Å². The molecule has 0 unspecified atom stereocenters. The van der Waals surface area contributed by atoms with E-state index in [2.05, 4.69) is 5.32 Å². The standard InChI is InChI=1S/C16H23NO4/c1-11-6-7-13(20-5)12(10-11)17-14(18)8-9-15(19)21-16(2,3)4/h6-7,10H,8-9H2,1-5H3,(H,17,18). The molecule has 0 aliphatic heterocycles. The van der Waals surface area contributed by atoms with Gasteiger partial charge in [0.2, 0.25) is 5.91 Å². The number of hydrogen-bond donors (Lipinski definition) is 1. The Kier molecular flexibility index (Phi) is 5.76. The van der Waals surface area contributed by atoms with Gasteiger partial charge in [0, 0.05) is 6.42 Å². The number of hydrogen-bond acceptors (Lipinski definition) is 4. The maximum Gasteiger partial charge on any atom is 0.306 e. The summed E-state index contributed by atoms with van der Waals surface area (Å²) in [4.78, 5) is 23.5. The molecule has 0 saturated carbocycles. The fraction of sp³-hybridized carbons (Fsp3) is 0.500. The van der Waals surface area contributed by atoms with Gasteiger partial charge in [-0.25, -0.2) is 0 Å². The first-order valence-corrected chi connectivity index (χ1v) is 6.87. The van der Waals surface area contributed by atoms with Crippen LogP contribution in [-0.4, -0.2) is 24.6 Å². The lowest BCUT2D eigenvalue weighted by Crippen LogP contribution is -2.24. The first-order valence-electron chi connectivity index (χ1n) is 6.87. The summed E-state index contributed by atoms with van der Waals surface area (Å²) in [5.41, 5.74) is 1.08. The van der Waals surface area contributed by atoms with E-state index in [0.29, 0.717) is 11.4 Å². The van der Waals surface area contributed by atoms with E-state index in [-0.39, 0.29) is 24.7 Å². The van der Waals surface area contributed by atoms with Gasteiger partial charge in [-0.15, -0.1) is 0 Å². The molecule has 1 amide bonds. The molecule has 116 valence electrons. The van der Waals surface area contributed by atoms with Crippen LogP contribution in [0.2, 0.25) is 0 Å². The van der Waals surface area contributed by atoms with Crippen molar-refractivity contribution >= 4 is 17.6 Å². The van der Waals surface area contributed by atoms with E-state index in [9.17, 15) is 9.59 Å². The zero-order chi connectivity index (χ0) is 16.0. The molecule has 0 saturated heterocycles. The van der Waals surface area contributed by atoms with E-state index in [1.165, 1.54) is 0 Å². The van der Waals surface area contributed by atoms with Crippen LogP contribution >= 0.6 is 0 Å². The van der Waals surface area contributed by atoms with Gasteiger partial charge in [0.05, 0.1) is 19.2 Å². The molecule has 1 aromatic carbocycles. The highest BCUT2D eigenvalue weighted by Crippen LogP contribution is 2.25. The number of benzene rings is 1. The Hall–Kier alpha value is -2.04. The molecule has 0 bridgehead atoms. The summed E-state index contributed by atoms with van der Waals surface area (Å²) in [5.74, 6) is -0.0372. The van der Waals surface area contributed by atoms with Crippen LogP contribution in [0.25, 0.3) is 0 Å². The predicted molar refractivity (Wildman–Crippen MR) is 81.4 cm³/mol. The fourth-order valence-electron chi connectivity index (χ4n) is 1.74. The summed E-state index contributed by atoms with van der Waals surface area (Å²) in [6, 6.07) is 5.51. The van der Waals surface area contributed by atoms with Crippen LogP contribution in [0.1, 0.15) is 39.2 Å². The molecular formula is C16H23NO4. The number of anilines is 1. The second-order valence-electron chi connectivity index (χ2n) is 5.84. The Morgan fingerprint density at radius 1 is 1.19 bits per heavy atom. The molecular weight excluding hydrogens is 270 g/mol. The highest BCUT2D eigenvalue weighted by molar-refractivity contribution is 5.94. The molecule has 21 heavy (non-hydrogen) atoms. The second kappa shape index (κ2) is 7.11. The lowest BCUT2D eigenvalue weighted by atomic mass is 10.2. The van der Waals surface area contributed by atoms with E-state index >= 15 is 0 Å². The van der Waals surface area contributed by atoms with Gasteiger partial charge in [-0.1, -0.05) is 6.07 Å². The second-order valence-corrected chi connectivity index (χ2v) is 5.84. The minimum atomic E-state index is -0.534. The first kappa shape index (κ1) is 17.0. The number of rotatable bonds is 5. The highest BCUT2D eigenvalue weighted by Gasteiger charge is 2.17. The molecule has 1 N–H and O–H groups in total. The first-order chi connectivity index (χ1) is 9.71. The van der Waals surface area contributed by atoms with Gasteiger partial charge < -0.3 is 14.8 Å². The molecule has 5 heteroatoms. The number of esters is 1. The molecule has 0 heterocycles. The highest BCUT2D eigenvalue weighted by atomic mass is 16.6. The topological polar surface area (TPSA) is 64.6 Å². The molecule has 0 aliphatic carbocycles. The van der Waals surface area contributed by atoms with Crippen LogP contribution < -0.4 is 10.1 Å². The summed E-state index contributed by atoms with van der Waals surface area (Å²) in [7, 11) is 1.54. The van der Waals surface area contributed by atoms with Crippen molar-refractivity contribution in [2.75, 3.05) is 12.4 Å². The Bertz CT molecular complexity index is 517. The third-order valence-electron chi connectivity index (χ3n) is 2.61. The number of aryl methyl sites for hydroxylation is 1. The van der Waals surface area contributed by atoms with Gasteiger partial charge in [-0.2, -0.15) is 0 Å². The molecule has 0 spiro atoms. The van der Waals surface area contributed by atoms with Crippen LogP contribution in [0.15, 0.2) is 18.2 Å².